The van der Waals surface area contributed by atoms with Crippen molar-refractivity contribution in [1.29, 1.82) is 0 Å². The van der Waals surface area contributed by atoms with Crippen LogP contribution in [0.1, 0.15) is 17.3 Å². The zero-order valence-electron chi connectivity index (χ0n) is 11.8. The van der Waals surface area contributed by atoms with E-state index in [9.17, 15) is 9.90 Å². The maximum absolute atomic E-state index is 12.7. The summed E-state index contributed by atoms with van der Waals surface area (Å²) in [5, 5.41) is 9.58. The molecule has 0 aromatic heterocycles. The van der Waals surface area contributed by atoms with Crippen molar-refractivity contribution >= 4 is 27.5 Å². The summed E-state index contributed by atoms with van der Waals surface area (Å²) in [6.45, 7) is 2.37. The smallest absolute Gasteiger partial charge is 0.262 e. The predicted octanol–water partition coefficient (Wildman–Crippen LogP) is 3.83. The van der Waals surface area contributed by atoms with E-state index in [1.807, 2.05) is 6.92 Å². The van der Waals surface area contributed by atoms with Crippen molar-refractivity contribution in [3.05, 3.63) is 52.5 Å². The number of methoxy groups -OCH3 is 1. The lowest BCUT2D eigenvalue weighted by Gasteiger charge is -2.22. The molecule has 0 saturated carbocycles. The van der Waals surface area contributed by atoms with Crippen LogP contribution in [-0.4, -0.2) is 24.7 Å². The fourth-order valence-corrected chi connectivity index (χ4v) is 2.43. The molecule has 0 saturated heterocycles. The van der Waals surface area contributed by atoms with E-state index in [-0.39, 0.29) is 11.7 Å². The SMILES string of the molecule is CCN(C(=O)c1ccc(Br)cc1OC)c1cccc(O)c1. The van der Waals surface area contributed by atoms with E-state index in [2.05, 4.69) is 15.9 Å². The van der Waals surface area contributed by atoms with Gasteiger partial charge in [0.25, 0.3) is 5.91 Å². The minimum atomic E-state index is -0.174. The number of benzene rings is 2. The largest absolute Gasteiger partial charge is 0.508 e. The van der Waals surface area contributed by atoms with E-state index >= 15 is 0 Å². The van der Waals surface area contributed by atoms with Gasteiger partial charge in [-0.25, -0.2) is 0 Å². The maximum atomic E-state index is 12.7. The summed E-state index contributed by atoms with van der Waals surface area (Å²) in [5.41, 5.74) is 1.12. The van der Waals surface area contributed by atoms with E-state index in [1.54, 1.807) is 47.4 Å². The Morgan fingerprint density at radius 3 is 2.67 bits per heavy atom. The molecule has 0 fully saturated rings. The Labute approximate surface area is 132 Å². The lowest BCUT2D eigenvalue weighted by molar-refractivity contribution is 0.0985. The van der Waals surface area contributed by atoms with Crippen molar-refractivity contribution in [2.75, 3.05) is 18.6 Å². The minimum Gasteiger partial charge on any atom is -0.508 e. The Morgan fingerprint density at radius 1 is 1.29 bits per heavy atom. The van der Waals surface area contributed by atoms with Crippen molar-refractivity contribution in [3.8, 4) is 11.5 Å². The van der Waals surface area contributed by atoms with Crippen LogP contribution in [0.2, 0.25) is 0 Å². The molecule has 4 nitrogen and oxygen atoms in total. The number of hydrogen-bond acceptors (Lipinski definition) is 3. The van der Waals surface area contributed by atoms with E-state index in [0.29, 0.717) is 23.5 Å². The highest BCUT2D eigenvalue weighted by atomic mass is 79.9. The fraction of sp³-hybridized carbons (Fsp3) is 0.188. The quantitative estimate of drug-likeness (QED) is 0.912. The highest BCUT2D eigenvalue weighted by molar-refractivity contribution is 9.10. The molecule has 1 amide bonds. The molecule has 1 N–H and O–H groups in total. The summed E-state index contributed by atoms with van der Waals surface area (Å²) in [4.78, 5) is 14.3. The van der Waals surface area contributed by atoms with Gasteiger partial charge in [0.2, 0.25) is 0 Å². The van der Waals surface area contributed by atoms with E-state index < -0.39 is 0 Å². The van der Waals surface area contributed by atoms with E-state index in [0.717, 1.165) is 4.47 Å². The Balaban J connectivity index is 2.41. The number of nitrogens with zero attached hydrogens (tertiary/aromatic N) is 1. The third-order valence-corrected chi connectivity index (χ3v) is 3.59. The van der Waals surface area contributed by atoms with Crippen molar-refractivity contribution in [2.24, 2.45) is 0 Å². The molecule has 5 heteroatoms. The van der Waals surface area contributed by atoms with Gasteiger partial charge in [-0.2, -0.15) is 0 Å². The van der Waals surface area contributed by atoms with Gasteiger partial charge in [0.05, 0.1) is 12.7 Å². The van der Waals surface area contributed by atoms with Crippen molar-refractivity contribution in [1.82, 2.24) is 0 Å². The van der Waals surface area contributed by atoms with E-state index in [4.69, 9.17) is 4.74 Å². The van der Waals surface area contributed by atoms with Crippen molar-refractivity contribution < 1.29 is 14.6 Å². The van der Waals surface area contributed by atoms with Crippen LogP contribution in [-0.2, 0) is 0 Å². The zero-order valence-corrected chi connectivity index (χ0v) is 13.4. The van der Waals surface area contributed by atoms with Gasteiger partial charge in [0.15, 0.2) is 0 Å². The highest BCUT2D eigenvalue weighted by Crippen LogP contribution is 2.27. The Hall–Kier alpha value is -2.01. The van der Waals surface area contributed by atoms with Gasteiger partial charge in [-0.15, -0.1) is 0 Å². The van der Waals surface area contributed by atoms with Gasteiger partial charge in [0, 0.05) is 22.8 Å². The number of carbonyl (C=O) groups is 1. The summed E-state index contributed by atoms with van der Waals surface area (Å²) in [6, 6.07) is 11.9. The molecule has 2 aromatic carbocycles. The molecule has 0 aliphatic heterocycles. The van der Waals surface area contributed by atoms with E-state index in [1.165, 1.54) is 7.11 Å². The highest BCUT2D eigenvalue weighted by Gasteiger charge is 2.20. The van der Waals surface area contributed by atoms with Gasteiger partial charge < -0.3 is 14.7 Å². The predicted molar refractivity (Wildman–Crippen MR) is 86.2 cm³/mol. The third kappa shape index (κ3) is 3.36. The molecule has 21 heavy (non-hydrogen) atoms. The van der Waals surface area contributed by atoms with Gasteiger partial charge >= 0.3 is 0 Å². The number of ether oxygens (including phenoxy) is 1. The third-order valence-electron chi connectivity index (χ3n) is 3.10. The van der Waals surface area contributed by atoms with Crippen LogP contribution >= 0.6 is 15.9 Å². The monoisotopic (exact) mass is 349 g/mol. The number of amides is 1. The molecule has 0 bridgehead atoms. The maximum Gasteiger partial charge on any atom is 0.262 e. The second-order valence-electron chi connectivity index (χ2n) is 4.41. The summed E-state index contributed by atoms with van der Waals surface area (Å²) in [6.07, 6.45) is 0. The Morgan fingerprint density at radius 2 is 2.05 bits per heavy atom. The van der Waals surface area contributed by atoms with Gasteiger partial charge in [-0.1, -0.05) is 22.0 Å². The molecule has 0 radical (unpaired) electrons. The number of hydrogen-bond donors (Lipinski definition) is 1. The summed E-state index contributed by atoms with van der Waals surface area (Å²) < 4.78 is 6.12. The first-order valence-electron chi connectivity index (χ1n) is 6.51. The number of anilines is 1. The number of halogens is 1. The molecule has 0 aliphatic rings. The number of rotatable bonds is 4. The molecule has 0 spiro atoms. The molecule has 110 valence electrons. The molecule has 0 heterocycles. The normalized spacial score (nSPS) is 10.2. The van der Waals surface area contributed by atoms with Crippen LogP contribution in [0.15, 0.2) is 46.9 Å². The summed E-state index contributed by atoms with van der Waals surface area (Å²) in [5.74, 6) is 0.460. The average Bonchev–Trinajstić information content (AvgIpc) is 2.47. The summed E-state index contributed by atoms with van der Waals surface area (Å²) in [7, 11) is 1.53. The number of carbonyl (C=O) groups excluding carboxylic acids is 1. The van der Waals surface area contributed by atoms with Gasteiger partial charge in [-0.05, 0) is 37.3 Å². The molecule has 0 aliphatic carbocycles. The molecular weight excluding hydrogens is 334 g/mol. The van der Waals surface area contributed by atoms with Crippen LogP contribution in [0.3, 0.4) is 0 Å². The molecule has 2 rings (SSSR count). The second kappa shape index (κ2) is 6.63. The number of phenols is 1. The lowest BCUT2D eigenvalue weighted by Crippen LogP contribution is -2.30. The second-order valence-corrected chi connectivity index (χ2v) is 5.33. The zero-order chi connectivity index (χ0) is 15.4. The first kappa shape index (κ1) is 15.4. The number of aromatic hydroxyl groups is 1. The van der Waals surface area contributed by atoms with Crippen molar-refractivity contribution in [3.63, 3.8) is 0 Å². The Bertz CT molecular complexity index is 658. The topological polar surface area (TPSA) is 49.8 Å². The van der Waals surface area contributed by atoms with Crippen LogP contribution in [0.25, 0.3) is 0 Å². The summed E-state index contributed by atoms with van der Waals surface area (Å²) >= 11 is 3.36. The van der Waals surface area contributed by atoms with Crippen LogP contribution in [0.5, 0.6) is 11.5 Å². The first-order chi connectivity index (χ1) is 10.1. The molecule has 0 atom stereocenters. The van der Waals surface area contributed by atoms with Gasteiger partial charge in [0.1, 0.15) is 11.5 Å². The van der Waals surface area contributed by atoms with Gasteiger partial charge in [-0.3, -0.25) is 4.79 Å². The first-order valence-corrected chi connectivity index (χ1v) is 7.30. The van der Waals surface area contributed by atoms with Crippen LogP contribution < -0.4 is 9.64 Å². The number of phenolic OH excluding ortho intramolecular Hbond substituents is 1. The van der Waals surface area contributed by atoms with Crippen molar-refractivity contribution in [2.45, 2.75) is 6.92 Å². The standard InChI is InChI=1S/C16H16BrNO3/c1-3-18(12-5-4-6-13(19)10-12)16(20)14-8-7-11(17)9-15(14)21-2/h4-10,19H,3H2,1-2H3. The lowest BCUT2D eigenvalue weighted by atomic mass is 10.1. The Kier molecular flexibility index (Phi) is 4.85. The fourth-order valence-electron chi connectivity index (χ4n) is 2.09. The molecular formula is C16H16BrNO3. The molecule has 0 unspecified atom stereocenters. The molecule has 2 aromatic rings. The van der Waals surface area contributed by atoms with Crippen LogP contribution in [0.4, 0.5) is 5.69 Å². The average molecular weight is 350 g/mol. The van der Waals surface area contributed by atoms with Crippen LogP contribution in [0, 0.1) is 0 Å². The minimum absolute atomic E-state index is 0.126.